The molecule has 0 saturated heterocycles. The summed E-state index contributed by atoms with van der Waals surface area (Å²) in [6, 6.07) is 11.4. The van der Waals surface area contributed by atoms with Gasteiger partial charge in [-0.15, -0.1) is 6.20 Å². The molecule has 8 heteroatoms. The maximum atomic E-state index is 12.6. The number of H-pyrrole nitrogens is 1. The van der Waals surface area contributed by atoms with Gasteiger partial charge in [-0.25, -0.2) is 0 Å². The van der Waals surface area contributed by atoms with E-state index in [0.29, 0.717) is 5.56 Å². The molecule has 30 heavy (non-hydrogen) atoms. The summed E-state index contributed by atoms with van der Waals surface area (Å²) in [7, 11) is 1.95. The van der Waals surface area contributed by atoms with Gasteiger partial charge in [0, 0.05) is 24.1 Å². The summed E-state index contributed by atoms with van der Waals surface area (Å²) in [6.07, 6.45) is 9.90. The minimum atomic E-state index is -0.202. The van der Waals surface area contributed by atoms with Crippen molar-refractivity contribution in [3.63, 3.8) is 0 Å². The molecular weight excluding hydrogens is 403 g/mol. The number of anilines is 1. The maximum absolute atomic E-state index is 12.6. The largest absolute Gasteiger partial charge is 1.00 e. The zero-order valence-electron chi connectivity index (χ0n) is 17.2. The maximum Gasteiger partial charge on any atom is 1.00 e. The third kappa shape index (κ3) is 5.47. The number of benzene rings is 1. The van der Waals surface area contributed by atoms with Gasteiger partial charge in [0.2, 0.25) is 0 Å². The van der Waals surface area contributed by atoms with Crippen molar-refractivity contribution in [2.75, 3.05) is 12.4 Å². The number of hydrogen-bond acceptors (Lipinski definition) is 4. The molecule has 0 spiro atoms. The molecule has 0 bridgehead atoms. The molecule has 3 aromatic rings. The Morgan fingerprint density at radius 1 is 1.37 bits per heavy atom. The quantitative estimate of drug-likeness (QED) is 0.227. The molecule has 3 N–H and O–H groups in total. The molecule has 7 nitrogen and oxygen atoms in total. The Bertz CT molecular complexity index is 1150. The molecule has 1 amide bonds. The van der Waals surface area contributed by atoms with Crippen LogP contribution in [0.25, 0.3) is 11.0 Å². The first-order valence-corrected chi connectivity index (χ1v) is 9.25. The molecule has 2 aromatic heterocycles. The predicted octanol–water partition coefficient (Wildman–Crippen LogP) is 0.0737. The van der Waals surface area contributed by atoms with Crippen LogP contribution in [0.3, 0.4) is 0 Å². The predicted molar refractivity (Wildman–Crippen MR) is 114 cm³/mol. The van der Waals surface area contributed by atoms with E-state index in [4.69, 9.17) is 0 Å². The molecule has 1 aliphatic heterocycles. The summed E-state index contributed by atoms with van der Waals surface area (Å²) in [5.74, 6) is -0.202. The summed E-state index contributed by atoms with van der Waals surface area (Å²) >= 11 is 0. The van der Waals surface area contributed by atoms with Gasteiger partial charge >= 0.3 is 51.4 Å². The van der Waals surface area contributed by atoms with Crippen molar-refractivity contribution in [2.45, 2.75) is 13.0 Å². The molecule has 3 heterocycles. The topological polar surface area (TPSA) is 85.2 Å². The van der Waals surface area contributed by atoms with Crippen LogP contribution in [0, 0.1) is 12.7 Å². The van der Waals surface area contributed by atoms with Crippen LogP contribution in [-0.4, -0.2) is 39.4 Å². The van der Waals surface area contributed by atoms with E-state index in [1.165, 1.54) is 0 Å². The first kappa shape index (κ1) is 22.5. The fourth-order valence-corrected chi connectivity index (χ4v) is 2.97. The standard InChI is InChI=1S/C22H21N6O.K/c1-15(23-8-9-24-19-13-28(2)14-19)16-4-3-5-18(10-16)27-22(29)17-11-21-20(26-12-17)6-7-25-21;/h3-7,9-15,23,25H,1-2H3,(H,27,29);/q-1;+1. The van der Waals surface area contributed by atoms with Gasteiger partial charge in [-0.1, -0.05) is 12.1 Å². The monoisotopic (exact) mass is 424 g/mol. The van der Waals surface area contributed by atoms with Gasteiger partial charge in [0.05, 0.1) is 35.1 Å². The molecule has 0 radical (unpaired) electrons. The fourth-order valence-electron chi connectivity index (χ4n) is 2.97. The number of carbonyl (C=O) groups excluding carboxylic acids is 1. The number of aromatic nitrogens is 2. The number of amides is 1. The number of pyridine rings is 1. The van der Waals surface area contributed by atoms with Crippen LogP contribution in [0.15, 0.2) is 60.0 Å². The van der Waals surface area contributed by atoms with Crippen LogP contribution in [0.4, 0.5) is 5.69 Å². The normalized spacial score (nSPS) is 15.1. The Morgan fingerprint density at radius 2 is 2.20 bits per heavy atom. The number of carbonyl (C=O) groups is 1. The van der Waals surface area contributed by atoms with Crippen molar-refractivity contribution in [2.24, 2.45) is 4.99 Å². The minimum absolute atomic E-state index is 0. The molecule has 0 fully saturated rings. The van der Waals surface area contributed by atoms with Crippen molar-refractivity contribution >= 4 is 34.6 Å². The van der Waals surface area contributed by atoms with E-state index in [9.17, 15) is 4.79 Å². The summed E-state index contributed by atoms with van der Waals surface area (Å²) in [6.45, 7) is 3.95. The first-order chi connectivity index (χ1) is 14.1. The number of nitrogens with zero attached hydrogens (tertiary/aromatic N) is 3. The first-order valence-electron chi connectivity index (χ1n) is 9.25. The number of aliphatic imine (C=N–C) groups is 1. The molecule has 0 saturated carbocycles. The molecule has 1 aromatic carbocycles. The average Bonchev–Trinajstić information content (AvgIpc) is 3.17. The van der Waals surface area contributed by atoms with Crippen LogP contribution in [0.1, 0.15) is 28.9 Å². The average molecular weight is 425 g/mol. The van der Waals surface area contributed by atoms with Crippen molar-refractivity contribution in [3.05, 3.63) is 78.9 Å². The van der Waals surface area contributed by atoms with E-state index in [-0.39, 0.29) is 63.3 Å². The molecule has 146 valence electrons. The van der Waals surface area contributed by atoms with E-state index < -0.39 is 0 Å². The SMILES string of the molecule is CC(N[C-]=CN=C1C=[N+](C)[CH-]1)c1cccc(NC(=O)c2cnc3cc[nH]c3c2)c1.[K+]. The van der Waals surface area contributed by atoms with Gasteiger partial charge in [0.25, 0.3) is 5.91 Å². The number of aromatic amines is 1. The molecule has 4 rings (SSSR count). The van der Waals surface area contributed by atoms with Crippen LogP contribution < -0.4 is 62.0 Å². The Hall–Kier alpha value is -2.23. The summed E-state index contributed by atoms with van der Waals surface area (Å²) < 4.78 is 1.94. The summed E-state index contributed by atoms with van der Waals surface area (Å²) in [5, 5.41) is 6.09. The van der Waals surface area contributed by atoms with Gasteiger partial charge < -0.3 is 31.4 Å². The van der Waals surface area contributed by atoms with E-state index in [2.05, 4.69) is 31.8 Å². The number of nitrogens with one attached hydrogen (secondary N) is 3. The van der Waals surface area contributed by atoms with Crippen LogP contribution in [-0.2, 0) is 0 Å². The van der Waals surface area contributed by atoms with Crippen LogP contribution in [0.5, 0.6) is 0 Å². The minimum Gasteiger partial charge on any atom is -0.560 e. The van der Waals surface area contributed by atoms with Gasteiger partial charge in [-0.05, 0) is 36.8 Å². The number of hydrogen-bond donors (Lipinski definition) is 3. The van der Waals surface area contributed by atoms with Crippen molar-refractivity contribution in [1.82, 2.24) is 15.3 Å². The molecule has 1 aliphatic rings. The van der Waals surface area contributed by atoms with Crippen LogP contribution >= 0.6 is 0 Å². The van der Waals surface area contributed by atoms with Crippen LogP contribution in [0.2, 0.25) is 0 Å². The van der Waals surface area contributed by atoms with Gasteiger partial charge in [0.15, 0.2) is 0 Å². The second kappa shape index (κ2) is 10.2. The second-order valence-electron chi connectivity index (χ2n) is 6.83. The van der Waals surface area contributed by atoms with Crippen molar-refractivity contribution in [1.29, 1.82) is 0 Å². The molecule has 0 aliphatic carbocycles. The summed E-state index contributed by atoms with van der Waals surface area (Å²) in [4.78, 5) is 24.2. The Labute approximate surface area is 217 Å². The van der Waals surface area contributed by atoms with Gasteiger partial charge in [-0.2, -0.15) is 0 Å². The van der Waals surface area contributed by atoms with E-state index in [0.717, 1.165) is 28.0 Å². The molecule has 1 atom stereocenters. The van der Waals surface area contributed by atoms with E-state index in [1.54, 1.807) is 24.7 Å². The Kier molecular flexibility index (Phi) is 7.62. The van der Waals surface area contributed by atoms with Crippen molar-refractivity contribution < 1.29 is 60.8 Å². The molecular formula is C22H21KN6O. The zero-order valence-corrected chi connectivity index (χ0v) is 20.3. The second-order valence-corrected chi connectivity index (χ2v) is 6.83. The molecule has 1 unspecified atom stereocenters. The number of fused-ring (bicyclic) bond motifs is 1. The smallest absolute Gasteiger partial charge is 0.560 e. The van der Waals surface area contributed by atoms with Gasteiger partial charge in [0.1, 0.15) is 7.05 Å². The van der Waals surface area contributed by atoms with E-state index in [1.807, 2.05) is 61.6 Å². The number of rotatable bonds is 6. The Balaban J connectivity index is 0.00000256. The van der Waals surface area contributed by atoms with E-state index >= 15 is 0 Å². The summed E-state index contributed by atoms with van der Waals surface area (Å²) in [5.41, 5.74) is 4.82. The third-order valence-electron chi connectivity index (χ3n) is 4.56. The van der Waals surface area contributed by atoms with Crippen molar-refractivity contribution in [3.8, 4) is 0 Å². The van der Waals surface area contributed by atoms with Gasteiger partial charge in [-0.3, -0.25) is 9.78 Å². The zero-order chi connectivity index (χ0) is 20.2. The third-order valence-corrected chi connectivity index (χ3v) is 4.56. The fraction of sp³-hybridized carbons (Fsp3) is 0.136. The Morgan fingerprint density at radius 3 is 3.00 bits per heavy atom.